The lowest BCUT2D eigenvalue weighted by Gasteiger charge is -2.59. The van der Waals surface area contributed by atoms with Gasteiger partial charge in [-0.25, -0.2) is 9.59 Å². The average Bonchev–Trinajstić information content (AvgIpc) is 2.99. The summed E-state index contributed by atoms with van der Waals surface area (Å²) in [7, 11) is 0. The van der Waals surface area contributed by atoms with Crippen LogP contribution in [0.2, 0.25) is 0 Å². The Morgan fingerprint density at radius 1 is 1.03 bits per heavy atom. The number of aromatic nitrogens is 1. The first kappa shape index (κ1) is 21.9. The SMILES string of the molecule is CCOC(=O)c1c(C)[nH]c(C(=O)OCC(=O)N[C@H](C)C23CC4CC(CC(C4)C2)C3)c1C. The van der Waals surface area contributed by atoms with E-state index in [1.165, 1.54) is 38.5 Å². The van der Waals surface area contributed by atoms with Crippen LogP contribution in [0.1, 0.15) is 84.5 Å². The molecule has 31 heavy (non-hydrogen) atoms. The fourth-order valence-corrected chi connectivity index (χ4v) is 6.81. The highest BCUT2D eigenvalue weighted by Gasteiger charge is 2.53. The summed E-state index contributed by atoms with van der Waals surface area (Å²) in [5.74, 6) is 1.05. The first-order valence-electron chi connectivity index (χ1n) is 11.5. The highest BCUT2D eigenvalue weighted by molar-refractivity contribution is 5.99. The van der Waals surface area contributed by atoms with E-state index < -0.39 is 11.9 Å². The Balaban J connectivity index is 1.34. The summed E-state index contributed by atoms with van der Waals surface area (Å²) in [6, 6.07) is 0.0805. The molecular formula is C24H34N2O5. The number of H-pyrrole nitrogens is 1. The molecule has 0 aromatic carbocycles. The molecule has 0 aliphatic heterocycles. The first-order chi connectivity index (χ1) is 14.7. The van der Waals surface area contributed by atoms with Gasteiger partial charge in [0.25, 0.3) is 5.91 Å². The second kappa shape index (κ2) is 8.32. The minimum absolute atomic E-state index is 0.0805. The molecule has 170 valence electrons. The molecule has 0 saturated heterocycles. The molecule has 0 unspecified atom stereocenters. The number of carbonyl (C=O) groups excluding carboxylic acids is 3. The summed E-state index contributed by atoms with van der Waals surface area (Å²) in [5.41, 5.74) is 1.75. The topological polar surface area (TPSA) is 97.5 Å². The maximum absolute atomic E-state index is 12.6. The van der Waals surface area contributed by atoms with Crippen LogP contribution in [0, 0.1) is 37.0 Å². The van der Waals surface area contributed by atoms with Crippen molar-refractivity contribution in [1.82, 2.24) is 10.3 Å². The van der Waals surface area contributed by atoms with Gasteiger partial charge in [-0.05, 0) is 95.0 Å². The van der Waals surface area contributed by atoms with Crippen molar-refractivity contribution in [3.8, 4) is 0 Å². The van der Waals surface area contributed by atoms with Gasteiger partial charge < -0.3 is 19.8 Å². The quantitative estimate of drug-likeness (QED) is 0.643. The van der Waals surface area contributed by atoms with Crippen molar-refractivity contribution >= 4 is 17.8 Å². The zero-order valence-corrected chi connectivity index (χ0v) is 19.0. The van der Waals surface area contributed by atoms with Gasteiger partial charge in [0, 0.05) is 11.7 Å². The molecule has 1 aromatic heterocycles. The molecule has 0 spiro atoms. The molecule has 1 heterocycles. The molecule has 4 aliphatic rings. The van der Waals surface area contributed by atoms with Gasteiger partial charge >= 0.3 is 11.9 Å². The van der Waals surface area contributed by atoms with E-state index in [4.69, 9.17) is 9.47 Å². The van der Waals surface area contributed by atoms with Crippen molar-refractivity contribution in [2.75, 3.05) is 13.2 Å². The lowest BCUT2D eigenvalue weighted by Crippen LogP contribution is -2.56. The molecule has 1 aromatic rings. The molecule has 4 aliphatic carbocycles. The molecule has 7 heteroatoms. The van der Waals surface area contributed by atoms with Gasteiger partial charge in [-0.2, -0.15) is 0 Å². The van der Waals surface area contributed by atoms with E-state index in [9.17, 15) is 14.4 Å². The van der Waals surface area contributed by atoms with Gasteiger partial charge in [-0.1, -0.05) is 0 Å². The molecule has 5 rings (SSSR count). The van der Waals surface area contributed by atoms with Crippen LogP contribution < -0.4 is 5.32 Å². The van der Waals surface area contributed by atoms with Crippen LogP contribution in [0.4, 0.5) is 0 Å². The van der Waals surface area contributed by atoms with Crippen LogP contribution in [0.15, 0.2) is 0 Å². The molecule has 4 saturated carbocycles. The zero-order chi connectivity index (χ0) is 22.3. The van der Waals surface area contributed by atoms with Crippen molar-refractivity contribution in [3.05, 3.63) is 22.5 Å². The second-order valence-electron chi connectivity index (χ2n) is 9.99. The Labute approximate surface area is 183 Å². The number of rotatable bonds is 7. The first-order valence-corrected chi connectivity index (χ1v) is 11.5. The number of aryl methyl sites for hydroxylation is 1. The molecular weight excluding hydrogens is 396 g/mol. The number of esters is 2. The zero-order valence-electron chi connectivity index (χ0n) is 19.0. The lowest BCUT2D eigenvalue weighted by atomic mass is 9.48. The Bertz CT molecular complexity index is 851. The lowest BCUT2D eigenvalue weighted by molar-refractivity contribution is -0.128. The standard InChI is InChI=1S/C24H34N2O5/c1-5-30-22(28)20-13(2)21(25-14(20)3)23(29)31-12-19(27)26-15(4)24-9-16-6-17(10-24)8-18(7-16)11-24/h15-18,25H,5-12H2,1-4H3,(H,26,27)/t15-,16?,17?,18?,24?/m1/s1. The average molecular weight is 431 g/mol. The number of aromatic amines is 1. The van der Waals surface area contributed by atoms with Gasteiger partial charge in [-0.15, -0.1) is 0 Å². The van der Waals surface area contributed by atoms with Crippen LogP contribution in [-0.2, 0) is 14.3 Å². The van der Waals surface area contributed by atoms with Crippen molar-refractivity contribution in [2.45, 2.75) is 72.3 Å². The number of hydrogen-bond acceptors (Lipinski definition) is 5. The predicted octanol–water partition coefficient (Wildman–Crippen LogP) is 3.69. The summed E-state index contributed by atoms with van der Waals surface area (Å²) in [5, 5.41) is 3.11. The van der Waals surface area contributed by atoms with Crippen LogP contribution in [-0.4, -0.2) is 42.1 Å². The van der Waals surface area contributed by atoms with Gasteiger partial charge in [0.1, 0.15) is 5.69 Å². The van der Waals surface area contributed by atoms with E-state index in [0.29, 0.717) is 16.8 Å². The highest BCUT2D eigenvalue weighted by atomic mass is 16.5. The maximum Gasteiger partial charge on any atom is 0.355 e. The summed E-state index contributed by atoms with van der Waals surface area (Å²) in [4.78, 5) is 40.1. The normalized spacial score (nSPS) is 29.5. The third-order valence-electron chi connectivity index (χ3n) is 7.84. The predicted molar refractivity (Wildman–Crippen MR) is 115 cm³/mol. The summed E-state index contributed by atoms with van der Waals surface area (Å²) < 4.78 is 10.3. The Hall–Kier alpha value is -2.31. The number of carbonyl (C=O) groups is 3. The molecule has 4 bridgehead atoms. The third kappa shape index (κ3) is 4.11. The third-order valence-corrected chi connectivity index (χ3v) is 7.84. The second-order valence-corrected chi connectivity index (χ2v) is 9.99. The highest BCUT2D eigenvalue weighted by Crippen LogP contribution is 2.61. The number of ether oxygens (including phenoxy) is 2. The van der Waals surface area contributed by atoms with Crippen molar-refractivity contribution < 1.29 is 23.9 Å². The van der Waals surface area contributed by atoms with E-state index in [-0.39, 0.29) is 36.3 Å². The number of hydrogen-bond donors (Lipinski definition) is 2. The van der Waals surface area contributed by atoms with E-state index >= 15 is 0 Å². The molecule has 4 fully saturated rings. The minimum Gasteiger partial charge on any atom is -0.462 e. The molecule has 1 atom stereocenters. The van der Waals surface area contributed by atoms with Crippen LogP contribution in [0.3, 0.4) is 0 Å². The van der Waals surface area contributed by atoms with Crippen LogP contribution in [0.5, 0.6) is 0 Å². The maximum atomic E-state index is 12.6. The van der Waals surface area contributed by atoms with Crippen LogP contribution >= 0.6 is 0 Å². The van der Waals surface area contributed by atoms with E-state index in [2.05, 4.69) is 17.2 Å². The van der Waals surface area contributed by atoms with Gasteiger partial charge in [0.15, 0.2) is 6.61 Å². The van der Waals surface area contributed by atoms with Gasteiger partial charge in [-0.3, -0.25) is 4.79 Å². The Morgan fingerprint density at radius 3 is 2.16 bits per heavy atom. The fraction of sp³-hybridized carbons (Fsp3) is 0.708. The molecule has 2 N–H and O–H groups in total. The monoisotopic (exact) mass is 430 g/mol. The fourth-order valence-electron chi connectivity index (χ4n) is 6.81. The van der Waals surface area contributed by atoms with E-state index in [1.54, 1.807) is 20.8 Å². The minimum atomic E-state index is -0.645. The van der Waals surface area contributed by atoms with Crippen molar-refractivity contribution in [3.63, 3.8) is 0 Å². The van der Waals surface area contributed by atoms with Gasteiger partial charge in [0.05, 0.1) is 12.2 Å². The summed E-state index contributed by atoms with van der Waals surface area (Å²) >= 11 is 0. The van der Waals surface area contributed by atoms with E-state index in [0.717, 1.165) is 17.8 Å². The summed E-state index contributed by atoms with van der Waals surface area (Å²) in [6.45, 7) is 7.13. The van der Waals surface area contributed by atoms with Crippen LogP contribution in [0.25, 0.3) is 0 Å². The van der Waals surface area contributed by atoms with Crippen molar-refractivity contribution in [2.24, 2.45) is 23.2 Å². The Kier molecular flexibility index (Phi) is 5.88. The number of amides is 1. The molecule has 0 radical (unpaired) electrons. The van der Waals surface area contributed by atoms with Crippen molar-refractivity contribution in [1.29, 1.82) is 0 Å². The molecule has 1 amide bonds. The smallest absolute Gasteiger partial charge is 0.355 e. The largest absolute Gasteiger partial charge is 0.462 e. The van der Waals surface area contributed by atoms with E-state index in [1.807, 2.05) is 0 Å². The number of nitrogens with one attached hydrogen (secondary N) is 2. The summed E-state index contributed by atoms with van der Waals surface area (Å²) in [6.07, 6.45) is 7.70. The Morgan fingerprint density at radius 2 is 1.61 bits per heavy atom. The molecule has 7 nitrogen and oxygen atoms in total. The van der Waals surface area contributed by atoms with Gasteiger partial charge in [0.2, 0.25) is 0 Å².